The van der Waals surface area contributed by atoms with Crippen molar-refractivity contribution in [2.45, 2.75) is 33.2 Å². The molecular formula is C14H21NO2. The van der Waals surface area contributed by atoms with Gasteiger partial charge in [-0.05, 0) is 49.4 Å². The maximum absolute atomic E-state index is 9.74. The molecule has 0 spiro atoms. The minimum atomic E-state index is 0.0542. The third-order valence-electron chi connectivity index (χ3n) is 3.87. The van der Waals surface area contributed by atoms with E-state index in [0.29, 0.717) is 5.41 Å². The summed E-state index contributed by atoms with van der Waals surface area (Å²) in [6, 6.07) is 4.70. The summed E-state index contributed by atoms with van der Waals surface area (Å²) < 4.78 is 0. The highest BCUT2D eigenvalue weighted by Gasteiger charge is 2.44. The van der Waals surface area contributed by atoms with E-state index in [-0.39, 0.29) is 17.5 Å². The van der Waals surface area contributed by atoms with Crippen LogP contribution < -0.4 is 5.32 Å². The molecule has 2 rings (SSSR count). The van der Waals surface area contributed by atoms with Gasteiger partial charge in [-0.3, -0.25) is 0 Å². The number of hydrogen-bond donors (Lipinski definition) is 3. The average molecular weight is 235 g/mol. The zero-order valence-corrected chi connectivity index (χ0v) is 10.7. The summed E-state index contributed by atoms with van der Waals surface area (Å²) in [5.74, 6) is 1.15. The molecule has 1 aliphatic rings. The highest BCUT2D eigenvalue weighted by Crippen LogP contribution is 2.51. The zero-order chi connectivity index (χ0) is 12.6. The SMILES string of the molecule is CC(NCC1CC1(C)C)c1cc(O)ccc1O. The summed E-state index contributed by atoms with van der Waals surface area (Å²) in [4.78, 5) is 0. The number of aromatic hydroxyl groups is 2. The van der Waals surface area contributed by atoms with Crippen molar-refractivity contribution in [2.24, 2.45) is 11.3 Å². The molecule has 0 aromatic heterocycles. The van der Waals surface area contributed by atoms with Crippen LogP contribution in [0.2, 0.25) is 0 Å². The van der Waals surface area contributed by atoms with Crippen molar-refractivity contribution in [1.82, 2.24) is 5.32 Å². The second kappa shape index (κ2) is 4.22. The molecule has 1 aromatic carbocycles. The van der Waals surface area contributed by atoms with Crippen molar-refractivity contribution in [3.05, 3.63) is 23.8 Å². The second-order valence-electron chi connectivity index (χ2n) is 5.76. The second-order valence-corrected chi connectivity index (χ2v) is 5.76. The van der Waals surface area contributed by atoms with E-state index >= 15 is 0 Å². The molecule has 3 nitrogen and oxygen atoms in total. The van der Waals surface area contributed by atoms with E-state index in [2.05, 4.69) is 19.2 Å². The highest BCUT2D eigenvalue weighted by molar-refractivity contribution is 5.40. The summed E-state index contributed by atoms with van der Waals surface area (Å²) in [6.45, 7) is 7.51. The van der Waals surface area contributed by atoms with Crippen molar-refractivity contribution >= 4 is 0 Å². The molecule has 1 saturated carbocycles. The maximum atomic E-state index is 9.74. The van der Waals surface area contributed by atoms with Crippen LogP contribution in [0.3, 0.4) is 0 Å². The monoisotopic (exact) mass is 235 g/mol. The Morgan fingerprint density at radius 2 is 2.06 bits per heavy atom. The number of rotatable bonds is 4. The molecule has 2 unspecified atom stereocenters. The lowest BCUT2D eigenvalue weighted by atomic mass is 10.1. The molecule has 1 aliphatic carbocycles. The Bertz CT molecular complexity index is 415. The molecule has 0 aliphatic heterocycles. The fraction of sp³-hybridized carbons (Fsp3) is 0.571. The molecule has 0 saturated heterocycles. The van der Waals surface area contributed by atoms with Crippen molar-refractivity contribution in [3.8, 4) is 11.5 Å². The summed E-state index contributed by atoms with van der Waals surface area (Å²) in [5, 5.41) is 22.6. The van der Waals surface area contributed by atoms with Crippen LogP contribution in [-0.4, -0.2) is 16.8 Å². The van der Waals surface area contributed by atoms with Crippen molar-refractivity contribution < 1.29 is 10.2 Å². The molecule has 0 amide bonds. The van der Waals surface area contributed by atoms with Crippen LogP contribution >= 0.6 is 0 Å². The molecule has 94 valence electrons. The van der Waals surface area contributed by atoms with Gasteiger partial charge in [0.2, 0.25) is 0 Å². The first kappa shape index (κ1) is 12.2. The number of benzene rings is 1. The van der Waals surface area contributed by atoms with Crippen LogP contribution in [0.1, 0.15) is 38.8 Å². The van der Waals surface area contributed by atoms with E-state index in [1.165, 1.54) is 18.6 Å². The third-order valence-corrected chi connectivity index (χ3v) is 3.87. The van der Waals surface area contributed by atoms with E-state index in [9.17, 15) is 10.2 Å². The van der Waals surface area contributed by atoms with Gasteiger partial charge in [0.15, 0.2) is 0 Å². The Kier molecular flexibility index (Phi) is 3.04. The van der Waals surface area contributed by atoms with E-state index in [4.69, 9.17) is 0 Å². The van der Waals surface area contributed by atoms with E-state index in [0.717, 1.165) is 18.0 Å². The largest absolute Gasteiger partial charge is 0.508 e. The fourth-order valence-electron chi connectivity index (χ4n) is 2.24. The van der Waals surface area contributed by atoms with Gasteiger partial charge in [0, 0.05) is 11.6 Å². The molecule has 17 heavy (non-hydrogen) atoms. The lowest BCUT2D eigenvalue weighted by Crippen LogP contribution is -2.22. The number of phenolic OH excluding ortho intramolecular Hbond substituents is 2. The molecule has 2 atom stereocenters. The van der Waals surface area contributed by atoms with Crippen LogP contribution in [0, 0.1) is 11.3 Å². The topological polar surface area (TPSA) is 52.5 Å². The van der Waals surface area contributed by atoms with Crippen LogP contribution in [0.25, 0.3) is 0 Å². The van der Waals surface area contributed by atoms with Gasteiger partial charge in [-0.25, -0.2) is 0 Å². The van der Waals surface area contributed by atoms with E-state index < -0.39 is 0 Å². The summed E-state index contributed by atoms with van der Waals surface area (Å²) >= 11 is 0. The first-order chi connectivity index (χ1) is 7.90. The average Bonchev–Trinajstić information content (AvgIpc) is 2.87. The zero-order valence-electron chi connectivity index (χ0n) is 10.7. The summed E-state index contributed by atoms with van der Waals surface area (Å²) in [5.41, 5.74) is 1.22. The molecular weight excluding hydrogens is 214 g/mol. The summed E-state index contributed by atoms with van der Waals surface area (Å²) in [7, 11) is 0. The van der Waals surface area contributed by atoms with Crippen molar-refractivity contribution in [3.63, 3.8) is 0 Å². The predicted octanol–water partition coefficient (Wildman–Crippen LogP) is 2.79. The smallest absolute Gasteiger partial charge is 0.120 e. The van der Waals surface area contributed by atoms with Gasteiger partial charge < -0.3 is 15.5 Å². The van der Waals surface area contributed by atoms with Crippen LogP contribution in [0.4, 0.5) is 0 Å². The van der Waals surface area contributed by atoms with Crippen LogP contribution in [0.5, 0.6) is 11.5 Å². The normalized spacial score (nSPS) is 23.4. The van der Waals surface area contributed by atoms with Gasteiger partial charge >= 0.3 is 0 Å². The Labute approximate surface area is 102 Å². The molecule has 1 fully saturated rings. The van der Waals surface area contributed by atoms with Crippen molar-refractivity contribution in [1.29, 1.82) is 0 Å². The minimum Gasteiger partial charge on any atom is -0.508 e. The minimum absolute atomic E-state index is 0.0542. The molecule has 3 heteroatoms. The summed E-state index contributed by atoms with van der Waals surface area (Å²) in [6.07, 6.45) is 1.26. The van der Waals surface area contributed by atoms with Gasteiger partial charge in [-0.1, -0.05) is 13.8 Å². The lowest BCUT2D eigenvalue weighted by molar-refractivity contribution is 0.433. The Morgan fingerprint density at radius 3 is 2.65 bits per heavy atom. The Balaban J connectivity index is 1.95. The number of hydrogen-bond acceptors (Lipinski definition) is 3. The lowest BCUT2D eigenvalue weighted by Gasteiger charge is -2.16. The Hall–Kier alpha value is -1.22. The maximum Gasteiger partial charge on any atom is 0.120 e. The third kappa shape index (κ3) is 2.72. The van der Waals surface area contributed by atoms with Gasteiger partial charge in [-0.15, -0.1) is 0 Å². The van der Waals surface area contributed by atoms with Gasteiger partial charge in [0.05, 0.1) is 0 Å². The highest BCUT2D eigenvalue weighted by atomic mass is 16.3. The first-order valence-electron chi connectivity index (χ1n) is 6.15. The molecule has 0 radical (unpaired) electrons. The quantitative estimate of drug-likeness (QED) is 0.703. The molecule has 1 aromatic rings. The van der Waals surface area contributed by atoms with Gasteiger partial charge in [0.25, 0.3) is 0 Å². The first-order valence-corrected chi connectivity index (χ1v) is 6.15. The Morgan fingerprint density at radius 1 is 1.41 bits per heavy atom. The predicted molar refractivity (Wildman–Crippen MR) is 68.1 cm³/mol. The van der Waals surface area contributed by atoms with E-state index in [1.54, 1.807) is 6.07 Å². The van der Waals surface area contributed by atoms with Crippen molar-refractivity contribution in [2.75, 3.05) is 6.54 Å². The fourth-order valence-corrected chi connectivity index (χ4v) is 2.24. The molecule has 0 heterocycles. The standard InChI is InChI=1S/C14H21NO2/c1-9(15-8-10-7-14(10,2)3)12-6-11(16)4-5-13(12)17/h4-6,9-10,15-17H,7-8H2,1-3H3. The van der Waals surface area contributed by atoms with E-state index in [1.807, 2.05) is 6.92 Å². The van der Waals surface area contributed by atoms with Crippen LogP contribution in [-0.2, 0) is 0 Å². The molecule has 3 N–H and O–H groups in total. The molecule has 0 bridgehead atoms. The number of phenols is 2. The number of nitrogens with one attached hydrogen (secondary N) is 1. The van der Waals surface area contributed by atoms with Gasteiger partial charge in [0.1, 0.15) is 11.5 Å². The van der Waals surface area contributed by atoms with Crippen LogP contribution in [0.15, 0.2) is 18.2 Å². The van der Waals surface area contributed by atoms with Gasteiger partial charge in [-0.2, -0.15) is 0 Å².